The lowest BCUT2D eigenvalue weighted by molar-refractivity contribution is 0.0702. The van der Waals surface area contributed by atoms with Gasteiger partial charge in [-0.25, -0.2) is 8.42 Å². The van der Waals surface area contributed by atoms with Crippen LogP contribution in [0.5, 0.6) is 0 Å². The molecule has 1 aliphatic heterocycles. The third-order valence-electron chi connectivity index (χ3n) is 4.03. The van der Waals surface area contributed by atoms with E-state index in [4.69, 9.17) is 0 Å². The van der Waals surface area contributed by atoms with Gasteiger partial charge in [-0.2, -0.15) is 4.31 Å². The third kappa shape index (κ3) is 2.76. The van der Waals surface area contributed by atoms with Gasteiger partial charge in [-0.15, -0.1) is 11.3 Å². The van der Waals surface area contributed by atoms with Crippen molar-refractivity contribution in [2.45, 2.75) is 6.92 Å². The van der Waals surface area contributed by atoms with Crippen LogP contribution in [0.15, 0.2) is 24.3 Å². The normalized spacial score (nSPS) is 17.1. The molecule has 0 N–H and O–H groups in total. The maximum absolute atomic E-state index is 12.7. The van der Waals surface area contributed by atoms with E-state index in [9.17, 15) is 13.2 Å². The number of carbonyl (C=O) groups excluding carboxylic acids is 1. The first kappa shape index (κ1) is 15.5. The molecule has 2 aromatic rings. The van der Waals surface area contributed by atoms with E-state index in [1.807, 2.05) is 31.2 Å². The average molecular weight is 338 g/mol. The molecule has 0 atom stereocenters. The van der Waals surface area contributed by atoms with Crippen LogP contribution in [-0.4, -0.2) is 56.0 Å². The summed E-state index contributed by atoms with van der Waals surface area (Å²) in [7, 11) is -3.17. The second-order valence-electron chi connectivity index (χ2n) is 5.51. The molecule has 1 saturated heterocycles. The molecule has 0 saturated carbocycles. The Morgan fingerprint density at radius 1 is 1.14 bits per heavy atom. The Kier molecular flexibility index (Phi) is 3.96. The Labute approximate surface area is 134 Å². The number of piperazine rings is 1. The second-order valence-corrected chi connectivity index (χ2v) is 8.54. The molecule has 7 heteroatoms. The Morgan fingerprint density at radius 3 is 2.36 bits per heavy atom. The number of rotatable bonds is 2. The summed E-state index contributed by atoms with van der Waals surface area (Å²) in [6.07, 6.45) is 1.21. The topological polar surface area (TPSA) is 57.7 Å². The Hall–Kier alpha value is -1.44. The lowest BCUT2D eigenvalue weighted by Crippen LogP contribution is -2.50. The molecule has 0 radical (unpaired) electrons. The van der Waals surface area contributed by atoms with E-state index in [2.05, 4.69) is 0 Å². The standard InChI is InChI=1S/C15H18N2O3S2/c1-11-12-5-3-4-6-13(12)21-14(11)15(18)16-7-9-17(10-8-16)22(2,19)20/h3-6H,7-10H2,1-2H3. The van der Waals surface area contributed by atoms with Crippen LogP contribution < -0.4 is 0 Å². The van der Waals surface area contributed by atoms with E-state index in [-0.39, 0.29) is 5.91 Å². The number of thiophene rings is 1. The minimum absolute atomic E-state index is 0.00634. The van der Waals surface area contributed by atoms with Crippen LogP contribution in [0, 0.1) is 6.92 Å². The molecule has 0 bridgehead atoms. The lowest BCUT2D eigenvalue weighted by atomic mass is 10.1. The highest BCUT2D eigenvalue weighted by atomic mass is 32.2. The summed E-state index contributed by atoms with van der Waals surface area (Å²) in [4.78, 5) is 15.2. The van der Waals surface area contributed by atoms with E-state index in [1.54, 1.807) is 4.90 Å². The summed E-state index contributed by atoms with van der Waals surface area (Å²) in [5, 5.41) is 1.12. The third-order valence-corrected chi connectivity index (χ3v) is 6.60. The lowest BCUT2D eigenvalue weighted by Gasteiger charge is -2.33. The van der Waals surface area contributed by atoms with Crippen LogP contribution in [0.1, 0.15) is 15.2 Å². The molecule has 1 amide bonds. The highest BCUT2D eigenvalue weighted by Crippen LogP contribution is 2.31. The number of fused-ring (bicyclic) bond motifs is 1. The number of hydrogen-bond donors (Lipinski definition) is 0. The number of sulfonamides is 1. The van der Waals surface area contributed by atoms with Crippen molar-refractivity contribution in [2.24, 2.45) is 0 Å². The van der Waals surface area contributed by atoms with E-state index in [0.29, 0.717) is 26.2 Å². The fourth-order valence-corrected chi connectivity index (χ4v) is 4.75. The van der Waals surface area contributed by atoms with Gasteiger partial charge in [0.15, 0.2) is 0 Å². The summed E-state index contributed by atoms with van der Waals surface area (Å²) in [6.45, 7) is 3.60. The molecule has 1 aromatic carbocycles. The first-order chi connectivity index (χ1) is 10.4. The predicted molar refractivity (Wildman–Crippen MR) is 88.9 cm³/mol. The average Bonchev–Trinajstić information content (AvgIpc) is 2.83. The van der Waals surface area contributed by atoms with Crippen LogP contribution in [0.4, 0.5) is 0 Å². The van der Waals surface area contributed by atoms with Crippen molar-refractivity contribution in [3.8, 4) is 0 Å². The van der Waals surface area contributed by atoms with Gasteiger partial charge in [-0.05, 0) is 23.9 Å². The van der Waals surface area contributed by atoms with Crippen LogP contribution in [0.3, 0.4) is 0 Å². The fourth-order valence-electron chi connectivity index (χ4n) is 2.74. The van der Waals surface area contributed by atoms with Gasteiger partial charge >= 0.3 is 0 Å². The number of aryl methyl sites for hydroxylation is 1. The van der Waals surface area contributed by atoms with Crippen LogP contribution in [0.25, 0.3) is 10.1 Å². The predicted octanol–water partition coefficient (Wildman–Crippen LogP) is 1.93. The van der Waals surface area contributed by atoms with Gasteiger partial charge < -0.3 is 4.90 Å². The van der Waals surface area contributed by atoms with Gasteiger partial charge in [0.25, 0.3) is 5.91 Å². The maximum atomic E-state index is 12.7. The van der Waals surface area contributed by atoms with Crippen molar-refractivity contribution in [3.05, 3.63) is 34.7 Å². The van der Waals surface area contributed by atoms with Gasteiger partial charge in [0.1, 0.15) is 0 Å². The van der Waals surface area contributed by atoms with Crippen LogP contribution in [0.2, 0.25) is 0 Å². The molecule has 0 spiro atoms. The zero-order chi connectivity index (χ0) is 15.9. The second kappa shape index (κ2) is 5.64. The SMILES string of the molecule is Cc1c(C(=O)N2CCN(S(C)(=O)=O)CC2)sc2ccccc12. The van der Waals surface area contributed by atoms with E-state index in [1.165, 1.54) is 21.9 Å². The van der Waals surface area contributed by atoms with Gasteiger partial charge in [0.2, 0.25) is 10.0 Å². The molecule has 22 heavy (non-hydrogen) atoms. The number of hydrogen-bond acceptors (Lipinski definition) is 4. The highest BCUT2D eigenvalue weighted by Gasteiger charge is 2.28. The van der Waals surface area contributed by atoms with Crippen molar-refractivity contribution in [1.82, 2.24) is 9.21 Å². The molecule has 1 fully saturated rings. The Morgan fingerprint density at radius 2 is 1.77 bits per heavy atom. The molecule has 118 valence electrons. The minimum Gasteiger partial charge on any atom is -0.335 e. The molecular weight excluding hydrogens is 320 g/mol. The van der Waals surface area contributed by atoms with Crippen molar-refractivity contribution >= 4 is 37.4 Å². The monoisotopic (exact) mass is 338 g/mol. The molecule has 2 heterocycles. The first-order valence-electron chi connectivity index (χ1n) is 7.10. The first-order valence-corrected chi connectivity index (χ1v) is 9.77. The molecule has 0 unspecified atom stereocenters. The Balaban J connectivity index is 1.81. The van der Waals surface area contributed by atoms with Crippen molar-refractivity contribution in [1.29, 1.82) is 0 Å². The van der Waals surface area contributed by atoms with Crippen LogP contribution >= 0.6 is 11.3 Å². The quantitative estimate of drug-likeness (QED) is 0.841. The summed E-state index contributed by atoms with van der Waals surface area (Å²) in [5.41, 5.74) is 1.01. The maximum Gasteiger partial charge on any atom is 0.264 e. The number of benzene rings is 1. The van der Waals surface area contributed by atoms with Crippen LogP contribution in [-0.2, 0) is 10.0 Å². The number of nitrogens with zero attached hydrogens (tertiary/aromatic N) is 2. The Bertz CT molecular complexity index is 818. The molecule has 3 rings (SSSR count). The molecular formula is C15H18N2O3S2. The van der Waals surface area contributed by atoms with Gasteiger partial charge in [-0.1, -0.05) is 18.2 Å². The highest BCUT2D eigenvalue weighted by molar-refractivity contribution is 7.88. The number of carbonyl (C=O) groups is 1. The smallest absolute Gasteiger partial charge is 0.264 e. The minimum atomic E-state index is -3.17. The van der Waals surface area contributed by atoms with E-state index >= 15 is 0 Å². The van der Waals surface area contributed by atoms with Gasteiger partial charge in [-0.3, -0.25) is 4.79 Å². The fraction of sp³-hybridized carbons (Fsp3) is 0.400. The molecule has 1 aromatic heterocycles. The van der Waals surface area contributed by atoms with Gasteiger partial charge in [0, 0.05) is 30.9 Å². The zero-order valence-electron chi connectivity index (χ0n) is 12.6. The van der Waals surface area contributed by atoms with Crippen molar-refractivity contribution in [2.75, 3.05) is 32.4 Å². The van der Waals surface area contributed by atoms with E-state index in [0.717, 1.165) is 20.5 Å². The van der Waals surface area contributed by atoms with E-state index < -0.39 is 10.0 Å². The molecule has 1 aliphatic rings. The molecule has 5 nitrogen and oxygen atoms in total. The zero-order valence-corrected chi connectivity index (χ0v) is 14.2. The van der Waals surface area contributed by atoms with Gasteiger partial charge in [0.05, 0.1) is 11.1 Å². The summed E-state index contributed by atoms with van der Waals surface area (Å²) < 4.78 is 25.6. The van der Waals surface area contributed by atoms with Crippen molar-refractivity contribution in [3.63, 3.8) is 0 Å². The number of amides is 1. The van der Waals surface area contributed by atoms with Crippen molar-refractivity contribution < 1.29 is 13.2 Å². The summed E-state index contributed by atoms with van der Waals surface area (Å²) in [6, 6.07) is 7.99. The summed E-state index contributed by atoms with van der Waals surface area (Å²) in [5.74, 6) is 0.00634. The molecule has 0 aliphatic carbocycles. The largest absolute Gasteiger partial charge is 0.335 e. The summed E-state index contributed by atoms with van der Waals surface area (Å²) >= 11 is 1.51.